The molecule has 3 aromatic rings. The van der Waals surface area contributed by atoms with E-state index in [1.165, 1.54) is 0 Å². The molecule has 0 fully saturated rings. The first-order chi connectivity index (χ1) is 15.0. The van der Waals surface area contributed by atoms with E-state index in [9.17, 15) is 14.7 Å². The van der Waals surface area contributed by atoms with Gasteiger partial charge < -0.3 is 15.2 Å². The standard InChI is InChI=1S/C25H22FNO4/c26-25(23(28)29,14-17-8-2-1-3-9-17)16-27-24(30)31-15-22-20-12-6-4-10-18(20)19-11-5-7-13-21(19)22/h1-13,22H,14-16H2,(H,27,30)(H,28,29)/t25-/m0/s1. The van der Waals surface area contributed by atoms with Crippen molar-refractivity contribution < 1.29 is 23.8 Å². The molecule has 0 heterocycles. The highest BCUT2D eigenvalue weighted by Crippen LogP contribution is 2.44. The molecule has 31 heavy (non-hydrogen) atoms. The number of carboxylic acid groups (broad SMARTS) is 1. The van der Waals surface area contributed by atoms with E-state index in [1.807, 2.05) is 48.5 Å². The van der Waals surface area contributed by atoms with Gasteiger partial charge in [0.1, 0.15) is 6.61 Å². The van der Waals surface area contributed by atoms with Crippen LogP contribution in [-0.4, -0.2) is 36.0 Å². The molecule has 1 amide bonds. The van der Waals surface area contributed by atoms with Gasteiger partial charge >= 0.3 is 12.1 Å². The molecule has 0 saturated carbocycles. The molecule has 1 aliphatic rings. The van der Waals surface area contributed by atoms with Crippen LogP contribution in [-0.2, 0) is 16.0 Å². The van der Waals surface area contributed by atoms with Crippen molar-refractivity contribution in [2.75, 3.05) is 13.2 Å². The van der Waals surface area contributed by atoms with Crippen molar-refractivity contribution in [2.24, 2.45) is 0 Å². The molecule has 2 N–H and O–H groups in total. The molecule has 0 unspecified atom stereocenters. The summed E-state index contributed by atoms with van der Waals surface area (Å²) < 4.78 is 20.4. The van der Waals surface area contributed by atoms with Gasteiger partial charge in [0.25, 0.3) is 0 Å². The van der Waals surface area contributed by atoms with Gasteiger partial charge in [-0.2, -0.15) is 0 Å². The number of carbonyl (C=O) groups is 2. The van der Waals surface area contributed by atoms with E-state index in [4.69, 9.17) is 4.74 Å². The molecule has 1 aliphatic carbocycles. The molecule has 158 valence electrons. The van der Waals surface area contributed by atoms with Crippen LogP contribution in [0.5, 0.6) is 0 Å². The van der Waals surface area contributed by atoms with E-state index in [1.54, 1.807) is 30.3 Å². The summed E-state index contributed by atoms with van der Waals surface area (Å²) in [6, 6.07) is 24.3. The van der Waals surface area contributed by atoms with Crippen molar-refractivity contribution in [3.63, 3.8) is 0 Å². The third-order valence-corrected chi connectivity index (χ3v) is 5.57. The van der Waals surface area contributed by atoms with Crippen molar-refractivity contribution in [2.45, 2.75) is 18.0 Å². The predicted molar refractivity (Wildman–Crippen MR) is 115 cm³/mol. The highest BCUT2D eigenvalue weighted by Gasteiger charge is 2.39. The second-order valence-corrected chi connectivity index (χ2v) is 7.61. The number of nitrogens with one attached hydrogen (secondary N) is 1. The van der Waals surface area contributed by atoms with E-state index in [2.05, 4.69) is 5.32 Å². The van der Waals surface area contributed by atoms with Crippen molar-refractivity contribution in [1.29, 1.82) is 0 Å². The van der Waals surface area contributed by atoms with Crippen LogP contribution in [0.4, 0.5) is 9.18 Å². The minimum Gasteiger partial charge on any atom is -0.479 e. The van der Waals surface area contributed by atoms with Gasteiger partial charge in [-0.1, -0.05) is 78.9 Å². The molecule has 4 rings (SSSR count). The van der Waals surface area contributed by atoms with Crippen molar-refractivity contribution in [3.8, 4) is 11.1 Å². The number of carboxylic acids is 1. The molecule has 0 aromatic heterocycles. The molecule has 1 atom stereocenters. The Morgan fingerprint density at radius 1 is 0.903 bits per heavy atom. The van der Waals surface area contributed by atoms with Gasteiger partial charge in [-0.3, -0.25) is 0 Å². The monoisotopic (exact) mass is 419 g/mol. The Morgan fingerprint density at radius 3 is 2.03 bits per heavy atom. The highest BCUT2D eigenvalue weighted by molar-refractivity contribution is 5.80. The van der Waals surface area contributed by atoms with Gasteiger partial charge in [-0.15, -0.1) is 0 Å². The number of alkyl carbamates (subject to hydrolysis) is 1. The lowest BCUT2D eigenvalue weighted by atomic mass is 9.96. The molecule has 0 bridgehead atoms. The Morgan fingerprint density at radius 2 is 1.45 bits per heavy atom. The number of fused-ring (bicyclic) bond motifs is 3. The number of ether oxygens (including phenoxy) is 1. The summed E-state index contributed by atoms with van der Waals surface area (Å²) >= 11 is 0. The summed E-state index contributed by atoms with van der Waals surface area (Å²) in [5, 5.41) is 11.6. The lowest BCUT2D eigenvalue weighted by Gasteiger charge is -2.21. The van der Waals surface area contributed by atoms with Gasteiger partial charge in [0.15, 0.2) is 0 Å². The van der Waals surface area contributed by atoms with Crippen LogP contribution < -0.4 is 5.32 Å². The molecular formula is C25H22FNO4. The third-order valence-electron chi connectivity index (χ3n) is 5.57. The van der Waals surface area contributed by atoms with Crippen molar-refractivity contribution in [3.05, 3.63) is 95.6 Å². The maximum absolute atomic E-state index is 15.0. The second kappa shape index (κ2) is 8.60. The zero-order valence-corrected chi connectivity index (χ0v) is 16.8. The van der Waals surface area contributed by atoms with Crippen LogP contribution in [0.2, 0.25) is 0 Å². The highest BCUT2D eigenvalue weighted by atomic mass is 19.1. The number of aliphatic carboxylic acids is 1. The normalized spacial score (nSPS) is 14.2. The van der Waals surface area contributed by atoms with E-state index in [0.29, 0.717) is 5.56 Å². The number of amides is 1. The lowest BCUT2D eigenvalue weighted by Crippen LogP contribution is -2.47. The Labute approximate surface area is 179 Å². The molecule has 0 saturated heterocycles. The van der Waals surface area contributed by atoms with Gasteiger partial charge in [0.2, 0.25) is 5.67 Å². The largest absolute Gasteiger partial charge is 0.479 e. The van der Waals surface area contributed by atoms with Gasteiger partial charge in [0, 0.05) is 12.3 Å². The van der Waals surface area contributed by atoms with Crippen LogP contribution in [0, 0.1) is 0 Å². The first kappa shape index (κ1) is 20.6. The summed E-state index contributed by atoms with van der Waals surface area (Å²) in [7, 11) is 0. The van der Waals surface area contributed by atoms with E-state index < -0.39 is 24.3 Å². The Balaban J connectivity index is 1.40. The van der Waals surface area contributed by atoms with Gasteiger partial charge in [0.05, 0.1) is 6.54 Å². The number of hydrogen-bond donors (Lipinski definition) is 2. The summed E-state index contributed by atoms with van der Waals surface area (Å²) in [6.45, 7) is -0.612. The molecular weight excluding hydrogens is 397 g/mol. The van der Waals surface area contributed by atoms with Crippen molar-refractivity contribution in [1.82, 2.24) is 5.32 Å². The zero-order valence-electron chi connectivity index (χ0n) is 16.8. The number of halogens is 1. The van der Waals surface area contributed by atoms with E-state index >= 15 is 4.39 Å². The zero-order chi connectivity index (χ0) is 21.8. The smallest absolute Gasteiger partial charge is 0.407 e. The molecule has 6 heteroatoms. The number of alkyl halides is 1. The predicted octanol–water partition coefficient (Wildman–Crippen LogP) is 4.56. The molecule has 0 radical (unpaired) electrons. The average molecular weight is 419 g/mol. The Hall–Kier alpha value is -3.67. The fourth-order valence-electron chi connectivity index (χ4n) is 3.99. The minimum absolute atomic E-state index is 0.0743. The Bertz CT molecular complexity index is 1060. The Kier molecular flexibility index (Phi) is 5.71. The topological polar surface area (TPSA) is 75.6 Å². The first-order valence-corrected chi connectivity index (χ1v) is 10.0. The fourth-order valence-corrected chi connectivity index (χ4v) is 3.99. The summed E-state index contributed by atoms with van der Waals surface area (Å²) in [6.07, 6.45) is -1.20. The maximum Gasteiger partial charge on any atom is 0.407 e. The molecule has 0 spiro atoms. The van der Waals surface area contributed by atoms with Crippen LogP contribution in [0.25, 0.3) is 11.1 Å². The SMILES string of the molecule is O=C(NC[C@@](F)(Cc1ccccc1)C(=O)O)OCC1c2ccccc2-c2ccccc21. The van der Waals surface area contributed by atoms with Crippen LogP contribution in [0.1, 0.15) is 22.6 Å². The second-order valence-electron chi connectivity index (χ2n) is 7.61. The quantitative estimate of drug-likeness (QED) is 0.589. The van der Waals surface area contributed by atoms with Gasteiger partial charge in [-0.05, 0) is 27.8 Å². The van der Waals surface area contributed by atoms with Crippen LogP contribution in [0.15, 0.2) is 78.9 Å². The number of hydrogen-bond acceptors (Lipinski definition) is 3. The molecule has 5 nitrogen and oxygen atoms in total. The van der Waals surface area contributed by atoms with Gasteiger partial charge in [-0.25, -0.2) is 14.0 Å². The van der Waals surface area contributed by atoms with Crippen molar-refractivity contribution >= 4 is 12.1 Å². The maximum atomic E-state index is 15.0. The summed E-state index contributed by atoms with van der Waals surface area (Å²) in [5.74, 6) is -1.76. The number of benzene rings is 3. The van der Waals surface area contributed by atoms with E-state index in [0.717, 1.165) is 22.3 Å². The van der Waals surface area contributed by atoms with Crippen LogP contribution >= 0.6 is 0 Å². The molecule has 3 aromatic carbocycles. The summed E-state index contributed by atoms with van der Waals surface area (Å²) in [4.78, 5) is 23.8. The van der Waals surface area contributed by atoms with Crippen LogP contribution in [0.3, 0.4) is 0 Å². The summed E-state index contributed by atoms with van der Waals surface area (Å²) in [5.41, 5.74) is 2.22. The third kappa shape index (κ3) is 4.28. The first-order valence-electron chi connectivity index (χ1n) is 10.0. The van der Waals surface area contributed by atoms with E-state index in [-0.39, 0.29) is 18.9 Å². The minimum atomic E-state index is -2.63. The average Bonchev–Trinajstić information content (AvgIpc) is 3.11. The number of rotatable bonds is 7. The lowest BCUT2D eigenvalue weighted by molar-refractivity contribution is -0.150. The molecule has 0 aliphatic heterocycles. The fraction of sp³-hybridized carbons (Fsp3) is 0.200. The number of carbonyl (C=O) groups excluding carboxylic acids is 1.